The van der Waals surface area contributed by atoms with E-state index >= 15 is 0 Å². The summed E-state index contributed by atoms with van der Waals surface area (Å²) in [5.74, 6) is 0.935. The molecule has 0 aromatic heterocycles. The first-order valence-corrected chi connectivity index (χ1v) is 5.21. The van der Waals surface area contributed by atoms with Crippen LogP contribution in [0.15, 0.2) is 0 Å². The van der Waals surface area contributed by atoms with Crippen LogP contribution in [0, 0.1) is 0 Å². The highest BCUT2D eigenvalue weighted by atomic mass is 32.2. The molecule has 1 aliphatic carbocycles. The molecule has 1 aliphatic rings. The van der Waals surface area contributed by atoms with E-state index in [0.717, 1.165) is 11.0 Å². The quantitative estimate of drug-likeness (QED) is 0.682. The van der Waals surface area contributed by atoms with Gasteiger partial charge in [-0.15, -0.1) is 0 Å². The van der Waals surface area contributed by atoms with Crippen LogP contribution in [0.4, 0.5) is 0 Å². The van der Waals surface area contributed by atoms with Crippen LogP contribution in [0.5, 0.6) is 0 Å². The van der Waals surface area contributed by atoms with Crippen LogP contribution in [0.2, 0.25) is 0 Å². The normalized spacial score (nSPS) is 21.3. The molecule has 1 rings (SSSR count). The van der Waals surface area contributed by atoms with E-state index in [1.54, 1.807) is 0 Å². The van der Waals surface area contributed by atoms with Crippen LogP contribution in [-0.2, 0) is 0 Å². The Morgan fingerprint density at radius 2 is 1.90 bits per heavy atom. The number of rotatable bonds is 3. The molecule has 0 spiro atoms. The Morgan fingerprint density at radius 3 is 2.50 bits per heavy atom. The minimum Gasteiger partial charge on any atom is -0.396 e. The van der Waals surface area contributed by atoms with E-state index in [0.29, 0.717) is 6.61 Å². The average Bonchev–Trinajstić information content (AvgIpc) is 2.03. The topological polar surface area (TPSA) is 20.2 Å². The first-order chi connectivity index (χ1) is 4.93. The van der Waals surface area contributed by atoms with Gasteiger partial charge in [0, 0.05) is 11.0 Å². The summed E-state index contributed by atoms with van der Waals surface area (Å²) in [4.78, 5) is 0. The lowest BCUT2D eigenvalue weighted by molar-refractivity contribution is 0.322. The van der Waals surface area contributed by atoms with Crippen molar-refractivity contribution in [1.29, 1.82) is 0 Å². The van der Waals surface area contributed by atoms with Crippen LogP contribution in [-0.4, -0.2) is 22.7 Å². The highest BCUT2D eigenvalue weighted by molar-refractivity contribution is 7.99. The lowest BCUT2D eigenvalue weighted by Crippen LogP contribution is -2.09. The average molecular weight is 160 g/mol. The molecule has 60 valence electrons. The molecular formula is C8H16OS. The Morgan fingerprint density at radius 1 is 1.20 bits per heavy atom. The molecule has 2 heteroatoms. The van der Waals surface area contributed by atoms with Crippen molar-refractivity contribution in [3.05, 3.63) is 0 Å². The SMILES string of the molecule is OCCSC1CCCCC1. The predicted octanol–water partition coefficient (Wildman–Crippen LogP) is 2.04. The van der Waals surface area contributed by atoms with Crippen LogP contribution in [0.1, 0.15) is 32.1 Å². The van der Waals surface area contributed by atoms with Crippen LogP contribution in [0.25, 0.3) is 0 Å². The van der Waals surface area contributed by atoms with Gasteiger partial charge in [0.25, 0.3) is 0 Å². The van der Waals surface area contributed by atoms with Crippen LogP contribution < -0.4 is 0 Å². The molecule has 1 fully saturated rings. The molecule has 1 saturated carbocycles. The molecular weight excluding hydrogens is 144 g/mol. The third-order valence-corrected chi connectivity index (χ3v) is 3.36. The van der Waals surface area contributed by atoms with Gasteiger partial charge in [-0.3, -0.25) is 0 Å². The molecule has 0 aromatic carbocycles. The molecule has 0 atom stereocenters. The number of aliphatic hydroxyl groups is 1. The Bertz CT molecular complexity index is 79.3. The van der Waals surface area contributed by atoms with Crippen molar-refractivity contribution >= 4 is 11.8 Å². The van der Waals surface area contributed by atoms with Gasteiger partial charge in [0.15, 0.2) is 0 Å². The summed E-state index contributed by atoms with van der Waals surface area (Å²) in [6, 6.07) is 0. The van der Waals surface area contributed by atoms with Gasteiger partial charge < -0.3 is 5.11 Å². The molecule has 0 unspecified atom stereocenters. The first kappa shape index (κ1) is 8.41. The van der Waals surface area contributed by atoms with Gasteiger partial charge in [-0.1, -0.05) is 19.3 Å². The van der Waals surface area contributed by atoms with E-state index in [9.17, 15) is 0 Å². The molecule has 10 heavy (non-hydrogen) atoms. The highest BCUT2D eigenvalue weighted by Gasteiger charge is 2.12. The second-order valence-corrected chi connectivity index (χ2v) is 4.26. The summed E-state index contributed by atoms with van der Waals surface area (Å²) in [7, 11) is 0. The van der Waals surface area contributed by atoms with Gasteiger partial charge in [0.2, 0.25) is 0 Å². The Kier molecular flexibility index (Phi) is 4.23. The lowest BCUT2D eigenvalue weighted by atomic mass is 10.0. The third kappa shape index (κ3) is 2.93. The maximum Gasteiger partial charge on any atom is 0.0521 e. The summed E-state index contributed by atoms with van der Waals surface area (Å²) >= 11 is 1.95. The van der Waals surface area contributed by atoms with E-state index in [1.165, 1.54) is 32.1 Å². The Balaban J connectivity index is 2.02. The fourth-order valence-electron chi connectivity index (χ4n) is 1.45. The molecule has 1 N–H and O–H groups in total. The summed E-state index contributed by atoms with van der Waals surface area (Å²) in [6.45, 7) is 0.348. The number of aliphatic hydroxyl groups excluding tert-OH is 1. The van der Waals surface area contributed by atoms with Crippen molar-refractivity contribution < 1.29 is 5.11 Å². The summed E-state index contributed by atoms with van der Waals surface area (Å²) in [5, 5.41) is 9.44. The molecule has 0 amide bonds. The monoisotopic (exact) mass is 160 g/mol. The molecule has 0 aromatic rings. The Hall–Kier alpha value is 0.310. The van der Waals surface area contributed by atoms with Crippen molar-refractivity contribution in [1.82, 2.24) is 0 Å². The largest absolute Gasteiger partial charge is 0.396 e. The number of hydrogen-bond acceptors (Lipinski definition) is 2. The van der Waals surface area contributed by atoms with Crippen molar-refractivity contribution in [3.8, 4) is 0 Å². The van der Waals surface area contributed by atoms with Gasteiger partial charge in [0.1, 0.15) is 0 Å². The fourth-order valence-corrected chi connectivity index (χ4v) is 2.56. The molecule has 0 bridgehead atoms. The molecule has 0 saturated heterocycles. The van der Waals surface area contributed by atoms with E-state index < -0.39 is 0 Å². The van der Waals surface area contributed by atoms with Gasteiger partial charge in [-0.25, -0.2) is 0 Å². The molecule has 0 heterocycles. The zero-order chi connectivity index (χ0) is 7.23. The van der Waals surface area contributed by atoms with Crippen molar-refractivity contribution in [3.63, 3.8) is 0 Å². The fraction of sp³-hybridized carbons (Fsp3) is 1.00. The van der Waals surface area contributed by atoms with Crippen LogP contribution in [0.3, 0.4) is 0 Å². The van der Waals surface area contributed by atoms with Gasteiger partial charge in [0.05, 0.1) is 6.61 Å². The number of hydrogen-bond donors (Lipinski definition) is 1. The molecule has 0 radical (unpaired) electrons. The molecule has 1 nitrogen and oxygen atoms in total. The summed E-state index contributed by atoms with van der Waals surface area (Å²) in [6.07, 6.45) is 7.00. The van der Waals surface area contributed by atoms with Crippen molar-refractivity contribution in [2.24, 2.45) is 0 Å². The second-order valence-electron chi connectivity index (χ2n) is 2.85. The first-order valence-electron chi connectivity index (χ1n) is 4.16. The maximum absolute atomic E-state index is 8.58. The molecule has 0 aliphatic heterocycles. The summed E-state index contributed by atoms with van der Waals surface area (Å²) < 4.78 is 0. The minimum atomic E-state index is 0.348. The zero-order valence-corrected chi connectivity index (χ0v) is 7.20. The van der Waals surface area contributed by atoms with Crippen molar-refractivity contribution in [2.75, 3.05) is 12.4 Å². The second kappa shape index (κ2) is 5.03. The van der Waals surface area contributed by atoms with Crippen molar-refractivity contribution in [2.45, 2.75) is 37.4 Å². The standard InChI is InChI=1S/C8H16OS/c9-6-7-10-8-4-2-1-3-5-8/h8-9H,1-7H2. The number of thioether (sulfide) groups is 1. The van der Waals surface area contributed by atoms with Gasteiger partial charge in [-0.05, 0) is 12.8 Å². The Labute approximate surface area is 67.2 Å². The zero-order valence-electron chi connectivity index (χ0n) is 6.38. The van der Waals surface area contributed by atoms with E-state index in [1.807, 2.05) is 11.8 Å². The third-order valence-electron chi connectivity index (χ3n) is 2.00. The highest BCUT2D eigenvalue weighted by Crippen LogP contribution is 2.27. The smallest absolute Gasteiger partial charge is 0.0521 e. The maximum atomic E-state index is 8.58. The predicted molar refractivity (Wildman–Crippen MR) is 46.4 cm³/mol. The lowest BCUT2D eigenvalue weighted by Gasteiger charge is -2.20. The van der Waals surface area contributed by atoms with E-state index in [2.05, 4.69) is 0 Å². The van der Waals surface area contributed by atoms with Gasteiger partial charge >= 0.3 is 0 Å². The summed E-state index contributed by atoms with van der Waals surface area (Å²) in [5.41, 5.74) is 0. The van der Waals surface area contributed by atoms with E-state index in [4.69, 9.17) is 5.11 Å². The van der Waals surface area contributed by atoms with E-state index in [-0.39, 0.29) is 0 Å². The van der Waals surface area contributed by atoms with Gasteiger partial charge in [-0.2, -0.15) is 11.8 Å². The van der Waals surface area contributed by atoms with Crippen LogP contribution >= 0.6 is 11.8 Å². The minimum absolute atomic E-state index is 0.348.